The van der Waals surface area contributed by atoms with Crippen molar-refractivity contribution in [2.75, 3.05) is 16.8 Å². The van der Waals surface area contributed by atoms with Gasteiger partial charge in [0.05, 0.1) is 17.1 Å². The molecule has 1 saturated heterocycles. The van der Waals surface area contributed by atoms with E-state index in [4.69, 9.17) is 18.0 Å². The molecule has 3 N–H and O–H groups in total. The first-order chi connectivity index (χ1) is 9.12. The van der Waals surface area contributed by atoms with Crippen LogP contribution < -0.4 is 11.1 Å². The molecule has 1 unspecified atom stereocenters. The van der Waals surface area contributed by atoms with Crippen molar-refractivity contribution in [3.63, 3.8) is 0 Å². The lowest BCUT2D eigenvalue weighted by atomic mass is 10.00. The summed E-state index contributed by atoms with van der Waals surface area (Å²) in [7, 11) is -2.97. The number of sulfone groups is 1. The van der Waals surface area contributed by atoms with Crippen LogP contribution in [0, 0.1) is 13.8 Å². The highest BCUT2D eigenvalue weighted by Gasteiger charge is 2.38. The monoisotopic (exact) mass is 313 g/mol. The number of nitrogens with zero attached hydrogens (tertiary/aromatic N) is 1. The Morgan fingerprint density at radius 1 is 1.50 bits per heavy atom. The minimum Gasteiger partial charge on any atom is -0.389 e. The Morgan fingerprint density at radius 3 is 2.65 bits per heavy atom. The molecule has 0 aromatic carbocycles. The number of nitrogens with two attached hydrogens (primary N) is 1. The maximum Gasteiger partial charge on any atom is 0.152 e. The minimum absolute atomic E-state index is 0.122. The molecule has 1 fully saturated rings. The van der Waals surface area contributed by atoms with Gasteiger partial charge in [-0.25, -0.2) is 8.42 Å². The molecular weight excluding hydrogens is 294 g/mol. The fourth-order valence-electron chi connectivity index (χ4n) is 2.67. The third-order valence-corrected chi connectivity index (χ3v) is 5.62. The van der Waals surface area contributed by atoms with Crippen molar-refractivity contribution in [2.24, 2.45) is 5.73 Å². The van der Waals surface area contributed by atoms with E-state index in [9.17, 15) is 8.42 Å². The van der Waals surface area contributed by atoms with Gasteiger partial charge in [-0.05, 0) is 33.3 Å². The molecule has 0 aliphatic carbocycles. The maximum atomic E-state index is 11.7. The average Bonchev–Trinajstić information content (AvgIpc) is 2.50. The molecular formula is C13H19N3O2S2. The Kier molecular flexibility index (Phi) is 3.77. The summed E-state index contributed by atoms with van der Waals surface area (Å²) in [6, 6.07) is 1.86. The lowest BCUT2D eigenvalue weighted by molar-refractivity contribution is 0.574. The highest BCUT2D eigenvalue weighted by Crippen LogP contribution is 2.30. The molecule has 2 rings (SSSR count). The van der Waals surface area contributed by atoms with Gasteiger partial charge in [0, 0.05) is 22.6 Å². The Balaban J connectivity index is 2.41. The van der Waals surface area contributed by atoms with Crippen molar-refractivity contribution >= 4 is 32.7 Å². The molecule has 1 atom stereocenters. The van der Waals surface area contributed by atoms with Crippen LogP contribution in [-0.2, 0) is 9.84 Å². The van der Waals surface area contributed by atoms with Crippen LogP contribution in [0.3, 0.4) is 0 Å². The van der Waals surface area contributed by atoms with Gasteiger partial charge in [-0.1, -0.05) is 12.2 Å². The minimum atomic E-state index is -2.97. The Hall–Kier alpha value is -1.21. The van der Waals surface area contributed by atoms with Crippen LogP contribution >= 0.6 is 12.2 Å². The molecule has 7 heteroatoms. The van der Waals surface area contributed by atoms with Crippen molar-refractivity contribution in [1.82, 2.24) is 4.98 Å². The van der Waals surface area contributed by atoms with E-state index in [2.05, 4.69) is 10.3 Å². The van der Waals surface area contributed by atoms with Gasteiger partial charge in [0.15, 0.2) is 9.84 Å². The Labute approximate surface area is 124 Å². The zero-order valence-electron chi connectivity index (χ0n) is 11.9. The smallest absolute Gasteiger partial charge is 0.152 e. The van der Waals surface area contributed by atoms with Crippen molar-refractivity contribution in [3.8, 4) is 0 Å². The average molecular weight is 313 g/mol. The third-order valence-electron chi connectivity index (χ3n) is 3.51. The van der Waals surface area contributed by atoms with Gasteiger partial charge < -0.3 is 11.1 Å². The van der Waals surface area contributed by atoms with Gasteiger partial charge in [-0.15, -0.1) is 0 Å². The number of hydrogen-bond donors (Lipinski definition) is 2. The van der Waals surface area contributed by atoms with Crippen LogP contribution in [0.4, 0.5) is 5.69 Å². The largest absolute Gasteiger partial charge is 0.389 e. The van der Waals surface area contributed by atoms with Crippen LogP contribution in [0.2, 0.25) is 0 Å². The standard InChI is InChI=1S/C13H19N3O2S2/c1-8-6-10(11(12(14)19)9(2)15-8)16-13(3)4-5-20(17,18)7-13/h6H,4-5,7H2,1-3H3,(H2,14,19)(H,15,16). The maximum absolute atomic E-state index is 11.7. The normalized spacial score (nSPS) is 24.6. The van der Waals surface area contributed by atoms with Gasteiger partial charge in [0.2, 0.25) is 0 Å². The summed E-state index contributed by atoms with van der Waals surface area (Å²) in [6.07, 6.45) is 0.576. The molecule has 1 aliphatic rings. The van der Waals surface area contributed by atoms with Crippen molar-refractivity contribution in [3.05, 3.63) is 23.0 Å². The molecule has 5 nitrogen and oxygen atoms in total. The first kappa shape index (κ1) is 15.2. The van der Waals surface area contributed by atoms with Gasteiger partial charge in [-0.2, -0.15) is 0 Å². The molecule has 0 bridgehead atoms. The summed E-state index contributed by atoms with van der Waals surface area (Å²) in [5.74, 6) is 0.332. The van der Waals surface area contributed by atoms with Crippen LogP contribution in [0.25, 0.3) is 0 Å². The zero-order valence-corrected chi connectivity index (χ0v) is 13.5. The van der Waals surface area contributed by atoms with Crippen LogP contribution in [0.15, 0.2) is 6.07 Å². The molecule has 2 heterocycles. The second kappa shape index (κ2) is 4.96. The number of hydrogen-bond acceptors (Lipinski definition) is 5. The molecule has 1 aromatic rings. The van der Waals surface area contributed by atoms with Crippen LogP contribution in [0.1, 0.15) is 30.3 Å². The van der Waals surface area contributed by atoms with E-state index in [1.165, 1.54) is 0 Å². The van der Waals surface area contributed by atoms with Gasteiger partial charge >= 0.3 is 0 Å². The van der Waals surface area contributed by atoms with Crippen molar-refractivity contribution in [2.45, 2.75) is 32.7 Å². The zero-order chi connectivity index (χ0) is 15.1. The van der Waals surface area contributed by atoms with Gasteiger partial charge in [0.25, 0.3) is 0 Å². The molecule has 20 heavy (non-hydrogen) atoms. The number of aromatic nitrogens is 1. The first-order valence-corrected chi connectivity index (χ1v) is 8.61. The SMILES string of the molecule is Cc1cc(NC2(C)CCS(=O)(=O)C2)c(C(N)=S)c(C)n1. The highest BCUT2D eigenvalue weighted by atomic mass is 32.2. The van der Waals surface area contributed by atoms with E-state index in [1.54, 1.807) is 0 Å². The first-order valence-electron chi connectivity index (χ1n) is 6.39. The number of nitrogens with one attached hydrogen (secondary N) is 1. The number of aryl methyl sites for hydroxylation is 2. The number of thiocarbonyl (C=S) groups is 1. The quantitative estimate of drug-likeness (QED) is 0.819. The summed E-state index contributed by atoms with van der Waals surface area (Å²) in [5.41, 5.74) is 8.33. The van der Waals surface area contributed by atoms with E-state index >= 15 is 0 Å². The number of rotatable bonds is 3. The Morgan fingerprint density at radius 2 is 2.15 bits per heavy atom. The topological polar surface area (TPSA) is 85.1 Å². The second-order valence-corrected chi connectivity index (χ2v) is 8.29. The summed E-state index contributed by atoms with van der Waals surface area (Å²) in [4.78, 5) is 4.62. The second-order valence-electron chi connectivity index (χ2n) is 5.66. The van der Waals surface area contributed by atoms with E-state index in [1.807, 2.05) is 26.8 Å². The molecule has 0 amide bonds. The predicted octanol–water partition coefficient (Wildman–Crippen LogP) is 1.32. The van der Waals surface area contributed by atoms with E-state index < -0.39 is 15.4 Å². The lowest BCUT2D eigenvalue weighted by Crippen LogP contribution is -2.37. The highest BCUT2D eigenvalue weighted by molar-refractivity contribution is 7.91. The fourth-order valence-corrected chi connectivity index (χ4v) is 5.02. The third kappa shape index (κ3) is 3.09. The van der Waals surface area contributed by atoms with Crippen LogP contribution in [-0.4, -0.2) is 35.4 Å². The molecule has 1 aliphatic heterocycles. The molecule has 1 aromatic heterocycles. The summed E-state index contributed by atoms with van der Waals surface area (Å²) < 4.78 is 23.4. The summed E-state index contributed by atoms with van der Waals surface area (Å²) >= 11 is 5.08. The molecule has 110 valence electrons. The van der Waals surface area contributed by atoms with E-state index in [-0.39, 0.29) is 16.5 Å². The Bertz CT molecular complexity index is 670. The summed E-state index contributed by atoms with van der Waals surface area (Å²) in [5, 5.41) is 3.32. The number of pyridine rings is 1. The van der Waals surface area contributed by atoms with Crippen molar-refractivity contribution in [1.29, 1.82) is 0 Å². The van der Waals surface area contributed by atoms with E-state index in [0.29, 0.717) is 12.0 Å². The van der Waals surface area contributed by atoms with Gasteiger partial charge in [-0.3, -0.25) is 4.98 Å². The van der Waals surface area contributed by atoms with Crippen LogP contribution in [0.5, 0.6) is 0 Å². The molecule has 0 radical (unpaired) electrons. The predicted molar refractivity (Wildman–Crippen MR) is 84.9 cm³/mol. The molecule has 0 saturated carbocycles. The van der Waals surface area contributed by atoms with E-state index in [0.717, 1.165) is 17.1 Å². The van der Waals surface area contributed by atoms with Crippen molar-refractivity contribution < 1.29 is 8.42 Å². The molecule has 0 spiro atoms. The van der Waals surface area contributed by atoms with Gasteiger partial charge in [0.1, 0.15) is 4.99 Å². The fraction of sp³-hybridized carbons (Fsp3) is 0.538. The lowest BCUT2D eigenvalue weighted by Gasteiger charge is -2.27. The number of anilines is 1. The summed E-state index contributed by atoms with van der Waals surface area (Å²) in [6.45, 7) is 5.64.